The largest absolute Gasteiger partial charge is 0.453 e. The number of rotatable bonds is 2. The molecule has 0 radical (unpaired) electrons. The third-order valence-electron chi connectivity index (χ3n) is 1.57. The molecule has 1 N–H and O–H groups in total. The van der Waals surface area contributed by atoms with Crippen LogP contribution in [0.1, 0.15) is 19.9 Å². The number of methoxy groups -OCH3 is 1. The number of hydrogen-bond acceptors (Lipinski definition) is 3. The summed E-state index contributed by atoms with van der Waals surface area (Å²) in [5.74, 6) is 0.641. The third-order valence-corrected chi connectivity index (χ3v) is 1.57. The molecule has 0 aliphatic heterocycles. The van der Waals surface area contributed by atoms with Gasteiger partial charge in [-0.2, -0.15) is 5.10 Å². The van der Waals surface area contributed by atoms with Gasteiger partial charge in [-0.3, -0.25) is 5.32 Å². The molecule has 0 aliphatic rings. The highest BCUT2D eigenvalue weighted by molar-refractivity contribution is 5.83. The van der Waals surface area contributed by atoms with E-state index in [4.69, 9.17) is 0 Å². The van der Waals surface area contributed by atoms with E-state index < -0.39 is 6.09 Å². The van der Waals surface area contributed by atoms with E-state index in [1.807, 2.05) is 13.8 Å². The number of hydrogen-bond donors (Lipinski definition) is 1. The van der Waals surface area contributed by atoms with Crippen LogP contribution in [-0.4, -0.2) is 23.0 Å². The summed E-state index contributed by atoms with van der Waals surface area (Å²) in [6.07, 6.45) is 1.15. The molecule has 5 heteroatoms. The van der Waals surface area contributed by atoms with E-state index in [0.29, 0.717) is 5.82 Å². The van der Waals surface area contributed by atoms with Crippen molar-refractivity contribution < 1.29 is 9.53 Å². The van der Waals surface area contributed by atoms with E-state index in [-0.39, 0.29) is 6.04 Å². The minimum absolute atomic E-state index is 0.210. The Morgan fingerprint density at radius 2 is 2.38 bits per heavy atom. The first-order chi connectivity index (χ1) is 6.15. The van der Waals surface area contributed by atoms with E-state index in [9.17, 15) is 4.79 Å². The Morgan fingerprint density at radius 3 is 2.92 bits per heavy atom. The van der Waals surface area contributed by atoms with Crippen molar-refractivity contribution in [3.8, 4) is 0 Å². The number of anilines is 1. The van der Waals surface area contributed by atoms with Crippen LogP contribution in [-0.2, 0) is 4.74 Å². The zero-order chi connectivity index (χ0) is 9.84. The standard InChI is InChI=1S/C8H13N3O2/c1-6(2)11-7(4-5-9-11)10-8(12)13-3/h4-6H,1-3H3,(H,10,12). The molecule has 0 spiro atoms. The van der Waals surface area contributed by atoms with Gasteiger partial charge in [0.15, 0.2) is 0 Å². The summed E-state index contributed by atoms with van der Waals surface area (Å²) in [7, 11) is 1.32. The molecule has 0 atom stereocenters. The molecular weight excluding hydrogens is 170 g/mol. The van der Waals surface area contributed by atoms with Crippen LogP contribution in [0.4, 0.5) is 10.6 Å². The van der Waals surface area contributed by atoms with Crippen LogP contribution in [0.2, 0.25) is 0 Å². The lowest BCUT2D eigenvalue weighted by atomic mass is 10.4. The maximum Gasteiger partial charge on any atom is 0.412 e. The molecule has 1 amide bonds. The van der Waals surface area contributed by atoms with Gasteiger partial charge in [-0.15, -0.1) is 0 Å². The number of carbonyl (C=O) groups excluding carboxylic acids is 1. The number of nitrogens with one attached hydrogen (secondary N) is 1. The normalized spacial score (nSPS) is 10.2. The Hall–Kier alpha value is -1.52. The topological polar surface area (TPSA) is 56.1 Å². The molecule has 1 rings (SSSR count). The number of ether oxygens (including phenoxy) is 1. The summed E-state index contributed by atoms with van der Waals surface area (Å²) < 4.78 is 6.17. The van der Waals surface area contributed by atoms with Crippen molar-refractivity contribution in [2.45, 2.75) is 19.9 Å². The molecule has 0 saturated carbocycles. The third kappa shape index (κ3) is 2.21. The maximum atomic E-state index is 10.9. The predicted molar refractivity (Wildman–Crippen MR) is 48.6 cm³/mol. The van der Waals surface area contributed by atoms with Gasteiger partial charge in [-0.1, -0.05) is 0 Å². The van der Waals surface area contributed by atoms with Crippen LogP contribution in [0, 0.1) is 0 Å². The summed E-state index contributed by atoms with van der Waals surface area (Å²) in [4.78, 5) is 10.9. The Kier molecular flexibility index (Phi) is 2.89. The van der Waals surface area contributed by atoms with Gasteiger partial charge < -0.3 is 4.74 Å². The zero-order valence-corrected chi connectivity index (χ0v) is 7.94. The van der Waals surface area contributed by atoms with Gasteiger partial charge in [0.2, 0.25) is 0 Å². The van der Waals surface area contributed by atoms with Crippen LogP contribution in [0.3, 0.4) is 0 Å². The van der Waals surface area contributed by atoms with Crippen LogP contribution >= 0.6 is 0 Å². The first-order valence-corrected chi connectivity index (χ1v) is 4.03. The van der Waals surface area contributed by atoms with Crippen molar-refractivity contribution in [3.05, 3.63) is 12.3 Å². The van der Waals surface area contributed by atoms with Crippen molar-refractivity contribution >= 4 is 11.9 Å². The predicted octanol–water partition coefficient (Wildman–Crippen LogP) is 1.64. The Balaban J connectivity index is 2.76. The SMILES string of the molecule is COC(=O)Nc1ccnn1C(C)C. The molecule has 1 aromatic rings. The summed E-state index contributed by atoms with van der Waals surface area (Å²) >= 11 is 0. The lowest BCUT2D eigenvalue weighted by Gasteiger charge is -2.10. The number of nitrogens with zero attached hydrogens (tertiary/aromatic N) is 2. The molecule has 13 heavy (non-hydrogen) atoms. The van der Waals surface area contributed by atoms with Gasteiger partial charge in [-0.25, -0.2) is 9.48 Å². The molecule has 0 saturated heterocycles. The summed E-state index contributed by atoms with van der Waals surface area (Å²) in [6, 6.07) is 1.93. The molecule has 72 valence electrons. The van der Waals surface area contributed by atoms with E-state index in [2.05, 4.69) is 15.2 Å². The van der Waals surface area contributed by atoms with Gasteiger partial charge in [0, 0.05) is 12.1 Å². The van der Waals surface area contributed by atoms with Gasteiger partial charge in [-0.05, 0) is 13.8 Å². The molecule has 1 heterocycles. The molecular formula is C8H13N3O2. The second kappa shape index (κ2) is 3.93. The fourth-order valence-corrected chi connectivity index (χ4v) is 0.980. The van der Waals surface area contributed by atoms with Crippen molar-refractivity contribution in [1.82, 2.24) is 9.78 Å². The first-order valence-electron chi connectivity index (χ1n) is 4.03. The number of amides is 1. The highest BCUT2D eigenvalue weighted by atomic mass is 16.5. The molecule has 0 aliphatic carbocycles. The fourth-order valence-electron chi connectivity index (χ4n) is 0.980. The molecule has 0 fully saturated rings. The average molecular weight is 183 g/mol. The number of aromatic nitrogens is 2. The fraction of sp³-hybridized carbons (Fsp3) is 0.500. The summed E-state index contributed by atoms with van der Waals surface area (Å²) in [5, 5.41) is 6.61. The monoisotopic (exact) mass is 183 g/mol. The van der Waals surface area contributed by atoms with Crippen molar-refractivity contribution in [1.29, 1.82) is 0 Å². The van der Waals surface area contributed by atoms with E-state index in [1.54, 1.807) is 16.9 Å². The van der Waals surface area contributed by atoms with Gasteiger partial charge in [0.1, 0.15) is 5.82 Å². The molecule has 5 nitrogen and oxygen atoms in total. The molecule has 0 bridgehead atoms. The molecule has 0 unspecified atom stereocenters. The van der Waals surface area contributed by atoms with Crippen LogP contribution in [0.15, 0.2) is 12.3 Å². The average Bonchev–Trinajstić information content (AvgIpc) is 2.52. The van der Waals surface area contributed by atoms with Crippen molar-refractivity contribution in [2.24, 2.45) is 0 Å². The van der Waals surface area contributed by atoms with Gasteiger partial charge in [0.05, 0.1) is 13.3 Å². The van der Waals surface area contributed by atoms with Gasteiger partial charge in [0.25, 0.3) is 0 Å². The van der Waals surface area contributed by atoms with Crippen LogP contribution < -0.4 is 5.32 Å². The quantitative estimate of drug-likeness (QED) is 0.758. The Morgan fingerprint density at radius 1 is 1.69 bits per heavy atom. The number of carbonyl (C=O) groups is 1. The van der Waals surface area contributed by atoms with Crippen LogP contribution in [0.25, 0.3) is 0 Å². The molecule has 1 aromatic heterocycles. The lowest BCUT2D eigenvalue weighted by molar-refractivity contribution is 0.186. The van der Waals surface area contributed by atoms with E-state index in [0.717, 1.165) is 0 Å². The highest BCUT2D eigenvalue weighted by Crippen LogP contribution is 2.12. The minimum atomic E-state index is -0.484. The van der Waals surface area contributed by atoms with E-state index >= 15 is 0 Å². The Labute approximate surface area is 76.7 Å². The zero-order valence-electron chi connectivity index (χ0n) is 7.94. The second-order valence-electron chi connectivity index (χ2n) is 2.87. The Bertz CT molecular complexity index is 293. The maximum absolute atomic E-state index is 10.9. The van der Waals surface area contributed by atoms with Gasteiger partial charge >= 0.3 is 6.09 Å². The van der Waals surface area contributed by atoms with Crippen molar-refractivity contribution in [2.75, 3.05) is 12.4 Å². The lowest BCUT2D eigenvalue weighted by Crippen LogP contribution is -2.16. The smallest absolute Gasteiger partial charge is 0.412 e. The first kappa shape index (κ1) is 9.57. The second-order valence-corrected chi connectivity index (χ2v) is 2.87. The summed E-state index contributed by atoms with van der Waals surface area (Å²) in [6.45, 7) is 3.96. The highest BCUT2D eigenvalue weighted by Gasteiger charge is 2.08. The van der Waals surface area contributed by atoms with Crippen molar-refractivity contribution in [3.63, 3.8) is 0 Å². The van der Waals surface area contributed by atoms with E-state index in [1.165, 1.54) is 7.11 Å². The van der Waals surface area contributed by atoms with Crippen LogP contribution in [0.5, 0.6) is 0 Å². The molecule has 0 aromatic carbocycles. The minimum Gasteiger partial charge on any atom is -0.453 e. The summed E-state index contributed by atoms with van der Waals surface area (Å²) in [5.41, 5.74) is 0.